The topological polar surface area (TPSA) is 105 Å². The average molecular weight is 544 g/mol. The molecule has 1 N–H and O–H groups in total. The van der Waals surface area contributed by atoms with Crippen molar-refractivity contribution in [3.63, 3.8) is 0 Å². The maximum Gasteiger partial charge on any atom is 0.408 e. The average Bonchev–Trinajstić information content (AvgIpc) is 3.25. The third-order valence-electron chi connectivity index (χ3n) is 6.31. The fourth-order valence-corrected chi connectivity index (χ4v) is 8.33. The zero-order chi connectivity index (χ0) is 27.0. The number of alkyl carbamates (subject to hydrolysis) is 1. The second kappa shape index (κ2) is 10.5. The molecule has 2 aliphatic heterocycles. The van der Waals surface area contributed by atoms with E-state index in [9.17, 15) is 18.0 Å². The van der Waals surface area contributed by atoms with Crippen molar-refractivity contribution < 1.29 is 22.7 Å². The van der Waals surface area contributed by atoms with E-state index in [-0.39, 0.29) is 29.2 Å². The third-order valence-corrected chi connectivity index (χ3v) is 9.52. The Hall–Kier alpha value is -2.85. The second-order valence-electron chi connectivity index (χ2n) is 10.6. The largest absolute Gasteiger partial charge is 0.444 e. The number of carbonyl (C=O) groups excluding carboxylic acids is 2. The van der Waals surface area contributed by atoms with Crippen molar-refractivity contribution in [1.82, 2.24) is 5.32 Å². The first-order valence-corrected chi connectivity index (χ1v) is 14.9. The Labute approximate surface area is 222 Å². The standard InChI is InChI=1S/C27H33N3O5S2/c1-17-11-12-20(13-18(17)2)30-22-15-37(33,34)16-23(22)36-25(30)29-24(31)21(14-19-9-7-6-8-10-19)28-26(32)35-27(3,4)5/h6-13,21-23H,14-16H2,1-5H3,(H,28,32)/t21-,22+,23+/m0/s1. The van der Waals surface area contributed by atoms with Gasteiger partial charge < -0.3 is 15.0 Å². The van der Waals surface area contributed by atoms with Crippen molar-refractivity contribution in [2.75, 3.05) is 16.4 Å². The number of hydrogen-bond acceptors (Lipinski definition) is 6. The van der Waals surface area contributed by atoms with Crippen LogP contribution in [0.2, 0.25) is 0 Å². The molecule has 2 saturated heterocycles. The van der Waals surface area contributed by atoms with Gasteiger partial charge in [-0.3, -0.25) is 4.79 Å². The molecule has 2 heterocycles. The zero-order valence-electron chi connectivity index (χ0n) is 21.7. The first-order chi connectivity index (χ1) is 17.3. The smallest absolute Gasteiger partial charge is 0.408 e. The molecule has 0 radical (unpaired) electrons. The van der Waals surface area contributed by atoms with Crippen LogP contribution in [0.25, 0.3) is 0 Å². The van der Waals surface area contributed by atoms with E-state index >= 15 is 0 Å². The predicted molar refractivity (Wildman–Crippen MR) is 148 cm³/mol. The van der Waals surface area contributed by atoms with E-state index in [1.807, 2.05) is 67.3 Å². The van der Waals surface area contributed by atoms with E-state index in [2.05, 4.69) is 10.3 Å². The van der Waals surface area contributed by atoms with Gasteiger partial charge in [0, 0.05) is 17.4 Å². The predicted octanol–water partition coefficient (Wildman–Crippen LogP) is 4.04. The Balaban J connectivity index is 1.66. The number of thioether (sulfide) groups is 1. The maximum absolute atomic E-state index is 13.5. The molecule has 198 valence electrons. The van der Waals surface area contributed by atoms with Crippen molar-refractivity contribution in [3.8, 4) is 0 Å². The lowest BCUT2D eigenvalue weighted by Crippen LogP contribution is -2.45. The van der Waals surface area contributed by atoms with Crippen molar-refractivity contribution in [2.45, 2.75) is 64.0 Å². The maximum atomic E-state index is 13.5. The van der Waals surface area contributed by atoms with E-state index < -0.39 is 33.5 Å². The number of hydrogen-bond donors (Lipinski definition) is 1. The number of amidine groups is 1. The highest BCUT2D eigenvalue weighted by Crippen LogP contribution is 2.41. The number of benzene rings is 2. The van der Waals surface area contributed by atoms with Crippen LogP contribution in [0.1, 0.15) is 37.5 Å². The Bertz CT molecular complexity index is 1320. The van der Waals surface area contributed by atoms with Gasteiger partial charge in [0.25, 0.3) is 5.91 Å². The number of ether oxygens (including phenoxy) is 1. The van der Waals surface area contributed by atoms with Crippen molar-refractivity contribution >= 4 is 44.5 Å². The second-order valence-corrected chi connectivity index (χ2v) is 13.9. The number of sulfone groups is 1. The van der Waals surface area contributed by atoms with Crippen LogP contribution in [0.4, 0.5) is 10.5 Å². The lowest BCUT2D eigenvalue weighted by molar-refractivity contribution is -0.119. The molecule has 37 heavy (non-hydrogen) atoms. The third kappa shape index (κ3) is 6.73. The summed E-state index contributed by atoms with van der Waals surface area (Å²) in [6.07, 6.45) is -0.458. The van der Waals surface area contributed by atoms with Crippen LogP contribution in [0.15, 0.2) is 53.5 Å². The van der Waals surface area contributed by atoms with E-state index in [0.717, 1.165) is 22.4 Å². The number of rotatable bonds is 5. The van der Waals surface area contributed by atoms with E-state index in [1.165, 1.54) is 11.8 Å². The Morgan fingerprint density at radius 3 is 2.46 bits per heavy atom. The molecule has 8 nitrogen and oxygen atoms in total. The molecule has 0 aliphatic carbocycles. The number of aliphatic imine (C=N–C) groups is 1. The van der Waals surface area contributed by atoms with Gasteiger partial charge in [0.1, 0.15) is 11.6 Å². The van der Waals surface area contributed by atoms with Crippen LogP contribution in [0, 0.1) is 13.8 Å². The van der Waals surface area contributed by atoms with Gasteiger partial charge in [0.05, 0.1) is 17.5 Å². The molecule has 0 bridgehead atoms. The summed E-state index contributed by atoms with van der Waals surface area (Å²) in [7, 11) is -3.18. The number of anilines is 1. The number of nitrogens with zero attached hydrogens (tertiary/aromatic N) is 2. The molecular weight excluding hydrogens is 510 g/mol. The van der Waals surface area contributed by atoms with Crippen LogP contribution in [-0.4, -0.2) is 60.0 Å². The fraction of sp³-hybridized carbons (Fsp3) is 0.444. The SMILES string of the molecule is Cc1ccc(N2C(=NC(=O)[C@H](Cc3ccccc3)NC(=O)OC(C)(C)C)S[C@@H]3CS(=O)(=O)C[C@H]32)cc1C. The number of fused-ring (bicyclic) bond motifs is 1. The molecule has 0 saturated carbocycles. The summed E-state index contributed by atoms with van der Waals surface area (Å²) in [4.78, 5) is 32.4. The quantitative estimate of drug-likeness (QED) is 0.607. The first-order valence-electron chi connectivity index (χ1n) is 12.2. The van der Waals surface area contributed by atoms with Crippen molar-refractivity contribution in [1.29, 1.82) is 0 Å². The summed E-state index contributed by atoms with van der Waals surface area (Å²) in [6.45, 7) is 9.27. The molecule has 0 spiro atoms. The normalized spacial score (nSPS) is 22.5. The van der Waals surface area contributed by atoms with E-state index in [0.29, 0.717) is 5.17 Å². The van der Waals surface area contributed by atoms with Gasteiger partial charge in [0.15, 0.2) is 15.0 Å². The molecule has 2 amide bonds. The van der Waals surface area contributed by atoms with E-state index in [4.69, 9.17) is 4.74 Å². The summed E-state index contributed by atoms with van der Waals surface area (Å²) in [6, 6.07) is 14.0. The highest BCUT2D eigenvalue weighted by molar-refractivity contribution is 8.16. The fourth-order valence-electron chi connectivity index (χ4n) is 4.41. The first kappa shape index (κ1) is 27.2. The highest BCUT2D eigenvalue weighted by Gasteiger charge is 2.49. The molecule has 0 unspecified atom stereocenters. The van der Waals surface area contributed by atoms with Crippen LogP contribution in [-0.2, 0) is 25.8 Å². The van der Waals surface area contributed by atoms with E-state index in [1.54, 1.807) is 20.8 Å². The Morgan fingerprint density at radius 1 is 1.11 bits per heavy atom. The van der Waals surface area contributed by atoms with Gasteiger partial charge >= 0.3 is 6.09 Å². The molecule has 0 aromatic heterocycles. The van der Waals surface area contributed by atoms with Crippen molar-refractivity contribution in [2.24, 2.45) is 4.99 Å². The van der Waals surface area contributed by atoms with Crippen LogP contribution >= 0.6 is 11.8 Å². The number of amides is 2. The molecule has 4 rings (SSSR count). The number of aryl methyl sites for hydroxylation is 2. The Kier molecular flexibility index (Phi) is 7.71. The molecule has 2 fully saturated rings. The highest BCUT2D eigenvalue weighted by atomic mass is 32.2. The number of nitrogens with one attached hydrogen (secondary N) is 1. The minimum atomic E-state index is -3.18. The van der Waals surface area contributed by atoms with Crippen LogP contribution in [0.3, 0.4) is 0 Å². The van der Waals surface area contributed by atoms with Gasteiger partial charge in [-0.2, -0.15) is 4.99 Å². The molecule has 2 aromatic carbocycles. The van der Waals surface area contributed by atoms with Gasteiger partial charge in [-0.25, -0.2) is 13.2 Å². The number of carbonyl (C=O) groups is 2. The summed E-state index contributed by atoms with van der Waals surface area (Å²) >= 11 is 1.31. The lowest BCUT2D eigenvalue weighted by Gasteiger charge is -2.26. The van der Waals surface area contributed by atoms with Gasteiger partial charge in [-0.1, -0.05) is 48.2 Å². The summed E-state index contributed by atoms with van der Waals surface area (Å²) in [5.41, 5.74) is 3.12. The minimum Gasteiger partial charge on any atom is -0.444 e. The summed E-state index contributed by atoms with van der Waals surface area (Å²) < 4.78 is 30.2. The molecule has 3 atom stereocenters. The summed E-state index contributed by atoms with van der Waals surface area (Å²) in [5, 5.41) is 2.92. The minimum absolute atomic E-state index is 0.00834. The van der Waals surface area contributed by atoms with Gasteiger partial charge in [-0.05, 0) is 63.4 Å². The van der Waals surface area contributed by atoms with Crippen molar-refractivity contribution in [3.05, 3.63) is 65.2 Å². The molecule has 2 aromatic rings. The van der Waals surface area contributed by atoms with Crippen LogP contribution in [0.5, 0.6) is 0 Å². The molecule has 10 heteroatoms. The molecular formula is C27H33N3O5S2. The monoisotopic (exact) mass is 543 g/mol. The lowest BCUT2D eigenvalue weighted by atomic mass is 10.1. The summed E-state index contributed by atoms with van der Waals surface area (Å²) in [5.74, 6) is -0.469. The van der Waals surface area contributed by atoms with Crippen LogP contribution < -0.4 is 10.2 Å². The van der Waals surface area contributed by atoms with Gasteiger partial charge in [-0.15, -0.1) is 0 Å². The molecule has 2 aliphatic rings. The van der Waals surface area contributed by atoms with Gasteiger partial charge in [0.2, 0.25) is 0 Å². The Morgan fingerprint density at radius 2 is 1.81 bits per heavy atom. The zero-order valence-corrected chi connectivity index (χ0v) is 23.4.